The minimum atomic E-state index is -0.299. The number of hydrogen-bond acceptors (Lipinski definition) is 4. The van der Waals surface area contributed by atoms with Crippen LogP contribution in [0.2, 0.25) is 0 Å². The van der Waals surface area contributed by atoms with Gasteiger partial charge in [-0.25, -0.2) is 0 Å². The van der Waals surface area contributed by atoms with Crippen LogP contribution >= 0.6 is 0 Å². The predicted molar refractivity (Wildman–Crippen MR) is 76.1 cm³/mol. The second-order valence-corrected chi connectivity index (χ2v) is 4.62. The quantitative estimate of drug-likeness (QED) is 0.884. The lowest BCUT2D eigenvalue weighted by molar-refractivity contribution is -0.129. The Kier molecular flexibility index (Phi) is 5.03. The van der Waals surface area contributed by atoms with Crippen LogP contribution in [-0.2, 0) is 4.79 Å². The third kappa shape index (κ3) is 3.53. The molecule has 0 heterocycles. The summed E-state index contributed by atoms with van der Waals surface area (Å²) in [6, 6.07) is 3.42. The van der Waals surface area contributed by atoms with Crippen molar-refractivity contribution in [2.45, 2.75) is 19.9 Å². The van der Waals surface area contributed by atoms with E-state index in [-0.39, 0.29) is 11.9 Å². The highest BCUT2D eigenvalue weighted by Gasteiger charge is 2.16. The van der Waals surface area contributed by atoms with Gasteiger partial charge in [0.15, 0.2) is 11.5 Å². The molecule has 0 saturated carbocycles. The molecule has 1 amide bonds. The molecule has 1 rings (SSSR count). The lowest BCUT2D eigenvalue weighted by Crippen LogP contribution is -2.36. The largest absolute Gasteiger partial charge is 0.493 e. The summed E-state index contributed by atoms with van der Waals surface area (Å²) in [4.78, 5) is 13.4. The minimum Gasteiger partial charge on any atom is -0.493 e. The molecule has 0 aliphatic carbocycles. The van der Waals surface area contributed by atoms with Crippen LogP contribution in [0.15, 0.2) is 12.1 Å². The van der Waals surface area contributed by atoms with Crippen molar-refractivity contribution < 1.29 is 14.3 Å². The van der Waals surface area contributed by atoms with Gasteiger partial charge in [0.2, 0.25) is 5.91 Å². The van der Waals surface area contributed by atoms with Crippen molar-refractivity contribution in [3.05, 3.63) is 17.7 Å². The van der Waals surface area contributed by atoms with Gasteiger partial charge in [-0.1, -0.05) is 0 Å². The molecule has 0 unspecified atom stereocenters. The number of carbonyl (C=O) groups is 1. The fourth-order valence-corrected chi connectivity index (χ4v) is 1.82. The summed E-state index contributed by atoms with van der Waals surface area (Å²) in [5.74, 6) is 1.34. The maximum absolute atomic E-state index is 11.8. The molecule has 5 heteroatoms. The Morgan fingerprint density at radius 3 is 2.21 bits per heavy atom. The topological polar surface area (TPSA) is 50.8 Å². The Labute approximate surface area is 114 Å². The smallest absolute Gasteiger partial charge is 0.244 e. The molecule has 0 aliphatic heterocycles. The van der Waals surface area contributed by atoms with Crippen LogP contribution < -0.4 is 14.8 Å². The average Bonchev–Trinajstić information content (AvgIpc) is 2.39. The van der Waals surface area contributed by atoms with E-state index in [2.05, 4.69) is 5.32 Å². The average molecular weight is 266 g/mol. The first-order valence-electron chi connectivity index (χ1n) is 6.11. The highest BCUT2D eigenvalue weighted by atomic mass is 16.5. The van der Waals surface area contributed by atoms with Gasteiger partial charge in [-0.15, -0.1) is 0 Å². The third-order valence-electron chi connectivity index (χ3n) is 2.91. The number of likely N-dealkylation sites (N-methyl/N-ethyl adjacent to an activating group) is 1. The standard InChI is InChI=1S/C14H22N2O3/c1-9-7-12(18-5)13(19-6)8-11(9)15-10(2)14(17)16(3)4/h7-8,10,15H,1-6H3/t10-/m0/s1. The number of nitrogens with one attached hydrogen (secondary N) is 1. The van der Waals surface area contributed by atoms with E-state index in [1.165, 1.54) is 0 Å². The van der Waals surface area contributed by atoms with Gasteiger partial charge in [-0.05, 0) is 25.5 Å². The second-order valence-electron chi connectivity index (χ2n) is 4.62. The molecular formula is C14H22N2O3. The number of aryl methyl sites for hydroxylation is 1. The molecule has 106 valence electrons. The van der Waals surface area contributed by atoms with Crippen LogP contribution in [0.1, 0.15) is 12.5 Å². The van der Waals surface area contributed by atoms with Crippen LogP contribution in [0.25, 0.3) is 0 Å². The van der Waals surface area contributed by atoms with Crippen molar-refractivity contribution in [2.75, 3.05) is 33.6 Å². The molecule has 0 spiro atoms. The van der Waals surface area contributed by atoms with Crippen LogP contribution in [0.3, 0.4) is 0 Å². The second kappa shape index (κ2) is 6.31. The molecular weight excluding hydrogens is 244 g/mol. The molecule has 1 aromatic carbocycles. The minimum absolute atomic E-state index is 0.0224. The zero-order valence-electron chi connectivity index (χ0n) is 12.4. The van der Waals surface area contributed by atoms with E-state index in [0.717, 1.165) is 11.3 Å². The van der Waals surface area contributed by atoms with Crippen LogP contribution in [0.4, 0.5) is 5.69 Å². The van der Waals surface area contributed by atoms with E-state index in [1.807, 2.05) is 26.0 Å². The van der Waals surface area contributed by atoms with Gasteiger partial charge in [0.25, 0.3) is 0 Å². The van der Waals surface area contributed by atoms with Gasteiger partial charge in [0.1, 0.15) is 6.04 Å². The zero-order valence-corrected chi connectivity index (χ0v) is 12.4. The molecule has 1 aromatic rings. The number of anilines is 1. The van der Waals surface area contributed by atoms with Gasteiger partial charge in [0, 0.05) is 25.8 Å². The summed E-state index contributed by atoms with van der Waals surface area (Å²) in [6.07, 6.45) is 0. The van der Waals surface area contributed by atoms with Crippen LogP contribution in [0.5, 0.6) is 11.5 Å². The zero-order chi connectivity index (χ0) is 14.6. The Hall–Kier alpha value is -1.91. The number of carbonyl (C=O) groups excluding carboxylic acids is 1. The summed E-state index contributed by atoms with van der Waals surface area (Å²) in [7, 11) is 6.66. The fourth-order valence-electron chi connectivity index (χ4n) is 1.82. The van der Waals surface area contributed by atoms with Crippen molar-refractivity contribution >= 4 is 11.6 Å². The molecule has 19 heavy (non-hydrogen) atoms. The van der Waals surface area contributed by atoms with E-state index in [1.54, 1.807) is 33.2 Å². The third-order valence-corrected chi connectivity index (χ3v) is 2.91. The number of benzene rings is 1. The van der Waals surface area contributed by atoms with E-state index < -0.39 is 0 Å². The number of nitrogens with zero attached hydrogens (tertiary/aromatic N) is 1. The molecule has 5 nitrogen and oxygen atoms in total. The normalized spacial score (nSPS) is 11.7. The monoisotopic (exact) mass is 266 g/mol. The molecule has 0 aromatic heterocycles. The molecule has 1 N–H and O–H groups in total. The van der Waals surface area contributed by atoms with E-state index >= 15 is 0 Å². The molecule has 0 saturated heterocycles. The van der Waals surface area contributed by atoms with Gasteiger partial charge in [-0.2, -0.15) is 0 Å². The molecule has 0 bridgehead atoms. The summed E-state index contributed by atoms with van der Waals surface area (Å²) < 4.78 is 10.5. The lowest BCUT2D eigenvalue weighted by Gasteiger charge is -2.21. The number of ether oxygens (including phenoxy) is 2. The SMILES string of the molecule is COc1cc(C)c(N[C@@H](C)C(=O)N(C)C)cc1OC. The Morgan fingerprint density at radius 2 is 1.74 bits per heavy atom. The van der Waals surface area contributed by atoms with E-state index in [0.29, 0.717) is 11.5 Å². The van der Waals surface area contributed by atoms with Crippen molar-refractivity contribution in [1.82, 2.24) is 4.90 Å². The summed E-state index contributed by atoms with van der Waals surface area (Å²) in [5.41, 5.74) is 1.86. The van der Waals surface area contributed by atoms with E-state index in [9.17, 15) is 4.79 Å². The highest BCUT2D eigenvalue weighted by Crippen LogP contribution is 2.33. The van der Waals surface area contributed by atoms with Crippen LogP contribution in [0, 0.1) is 6.92 Å². The molecule has 1 atom stereocenters. The van der Waals surface area contributed by atoms with E-state index in [4.69, 9.17) is 9.47 Å². The maximum atomic E-state index is 11.8. The first-order chi connectivity index (χ1) is 8.90. The Bertz CT molecular complexity index is 458. The highest BCUT2D eigenvalue weighted by molar-refractivity contribution is 5.84. The van der Waals surface area contributed by atoms with Gasteiger partial charge in [0.05, 0.1) is 14.2 Å². The van der Waals surface area contributed by atoms with Gasteiger partial charge < -0.3 is 19.7 Å². The van der Waals surface area contributed by atoms with Gasteiger partial charge in [-0.3, -0.25) is 4.79 Å². The Balaban J connectivity index is 2.98. The van der Waals surface area contributed by atoms with Gasteiger partial charge >= 0.3 is 0 Å². The summed E-state index contributed by atoms with van der Waals surface area (Å²) >= 11 is 0. The number of methoxy groups -OCH3 is 2. The van der Waals surface area contributed by atoms with Crippen molar-refractivity contribution in [1.29, 1.82) is 0 Å². The Morgan fingerprint density at radius 1 is 1.21 bits per heavy atom. The summed E-state index contributed by atoms with van der Waals surface area (Å²) in [5, 5.41) is 3.19. The molecule has 0 radical (unpaired) electrons. The summed E-state index contributed by atoms with van der Waals surface area (Å²) in [6.45, 7) is 3.79. The van der Waals surface area contributed by atoms with Crippen LogP contribution in [-0.4, -0.2) is 45.2 Å². The number of rotatable bonds is 5. The fraction of sp³-hybridized carbons (Fsp3) is 0.500. The molecule has 0 aliphatic rings. The number of hydrogen-bond donors (Lipinski definition) is 1. The molecule has 0 fully saturated rings. The number of amides is 1. The first-order valence-corrected chi connectivity index (χ1v) is 6.11. The van der Waals surface area contributed by atoms with Crippen molar-refractivity contribution in [3.63, 3.8) is 0 Å². The first kappa shape index (κ1) is 15.1. The predicted octanol–water partition coefficient (Wildman–Crippen LogP) is 1.90. The van der Waals surface area contributed by atoms with Crippen molar-refractivity contribution in [3.8, 4) is 11.5 Å². The lowest BCUT2D eigenvalue weighted by atomic mass is 10.1. The maximum Gasteiger partial charge on any atom is 0.244 e. The van der Waals surface area contributed by atoms with Crippen molar-refractivity contribution in [2.24, 2.45) is 0 Å².